The van der Waals surface area contributed by atoms with Crippen LogP contribution >= 0.6 is 0 Å². The Kier molecular flexibility index (Phi) is 6.27. The van der Waals surface area contributed by atoms with E-state index in [0.717, 1.165) is 6.07 Å². The lowest BCUT2D eigenvalue weighted by Gasteiger charge is -2.32. The molecule has 1 unspecified atom stereocenters. The summed E-state index contributed by atoms with van der Waals surface area (Å²) in [5.74, 6) is -0.470. The van der Waals surface area contributed by atoms with Crippen LogP contribution in [0.1, 0.15) is 19.5 Å². The van der Waals surface area contributed by atoms with Crippen molar-refractivity contribution in [3.05, 3.63) is 11.8 Å². The summed E-state index contributed by atoms with van der Waals surface area (Å²) in [6.07, 6.45) is -4.61. The normalized spacial score (nSPS) is 16.5. The number of amides is 1. The van der Waals surface area contributed by atoms with Crippen molar-refractivity contribution in [3.63, 3.8) is 0 Å². The van der Waals surface area contributed by atoms with Gasteiger partial charge in [-0.05, 0) is 5.92 Å². The molecular formula is C16H24F3N5O2. The molecule has 26 heavy (non-hydrogen) atoms. The van der Waals surface area contributed by atoms with Crippen molar-refractivity contribution in [1.29, 1.82) is 0 Å². The van der Waals surface area contributed by atoms with Crippen LogP contribution in [0.2, 0.25) is 0 Å². The molecule has 2 rings (SSSR count). The lowest BCUT2D eigenvalue weighted by molar-refractivity contribution is -0.141. The third kappa shape index (κ3) is 4.96. The van der Waals surface area contributed by atoms with Crippen molar-refractivity contribution in [3.8, 4) is 0 Å². The van der Waals surface area contributed by atoms with Gasteiger partial charge in [-0.1, -0.05) is 13.8 Å². The molecule has 7 nitrogen and oxygen atoms in total. The van der Waals surface area contributed by atoms with Crippen molar-refractivity contribution >= 4 is 17.7 Å². The number of hydrogen-bond donors (Lipinski definition) is 1. The Morgan fingerprint density at radius 3 is 2.38 bits per heavy atom. The molecular weight excluding hydrogens is 351 g/mol. The number of rotatable bonds is 5. The van der Waals surface area contributed by atoms with Gasteiger partial charge in [0.1, 0.15) is 11.9 Å². The SMILES string of the molecule is CC(C)C(Nc1nc(N(C)C)cc(C(F)(F)F)n1)C(=O)N1CCOCC1. The molecule has 0 aromatic carbocycles. The van der Waals surface area contributed by atoms with E-state index >= 15 is 0 Å². The van der Waals surface area contributed by atoms with Crippen LogP contribution in [0.25, 0.3) is 0 Å². The van der Waals surface area contributed by atoms with Gasteiger partial charge in [-0.2, -0.15) is 18.2 Å². The number of hydrogen-bond acceptors (Lipinski definition) is 6. The summed E-state index contributed by atoms with van der Waals surface area (Å²) in [5.41, 5.74) is -1.06. The summed E-state index contributed by atoms with van der Waals surface area (Å²) in [5, 5.41) is 2.80. The number of aromatic nitrogens is 2. The first-order valence-corrected chi connectivity index (χ1v) is 8.36. The van der Waals surface area contributed by atoms with Crippen LogP contribution in [-0.4, -0.2) is 67.2 Å². The van der Waals surface area contributed by atoms with E-state index < -0.39 is 17.9 Å². The Balaban J connectivity index is 2.29. The van der Waals surface area contributed by atoms with Gasteiger partial charge in [-0.15, -0.1) is 0 Å². The zero-order valence-corrected chi connectivity index (χ0v) is 15.3. The van der Waals surface area contributed by atoms with E-state index in [1.54, 1.807) is 19.0 Å². The number of nitrogens with zero attached hydrogens (tertiary/aromatic N) is 4. The van der Waals surface area contributed by atoms with E-state index in [2.05, 4.69) is 15.3 Å². The molecule has 0 radical (unpaired) electrons. The monoisotopic (exact) mass is 375 g/mol. The van der Waals surface area contributed by atoms with Crippen LogP contribution in [0.15, 0.2) is 6.07 Å². The Morgan fingerprint density at radius 1 is 1.27 bits per heavy atom. The molecule has 0 aliphatic carbocycles. The number of morpholine rings is 1. The highest BCUT2D eigenvalue weighted by Gasteiger charge is 2.35. The van der Waals surface area contributed by atoms with E-state index in [9.17, 15) is 18.0 Å². The van der Waals surface area contributed by atoms with Crippen LogP contribution in [0.3, 0.4) is 0 Å². The van der Waals surface area contributed by atoms with Crippen molar-refractivity contribution in [1.82, 2.24) is 14.9 Å². The van der Waals surface area contributed by atoms with Crippen molar-refractivity contribution < 1.29 is 22.7 Å². The molecule has 1 amide bonds. The van der Waals surface area contributed by atoms with Crippen LogP contribution < -0.4 is 10.2 Å². The lowest BCUT2D eigenvalue weighted by atomic mass is 10.0. The third-order valence-corrected chi connectivity index (χ3v) is 4.00. The molecule has 1 aliphatic heterocycles. The summed E-state index contributed by atoms with van der Waals surface area (Å²) in [6.45, 7) is 5.43. The van der Waals surface area contributed by atoms with Crippen LogP contribution in [0, 0.1) is 5.92 Å². The highest BCUT2D eigenvalue weighted by atomic mass is 19.4. The zero-order valence-electron chi connectivity index (χ0n) is 15.3. The maximum absolute atomic E-state index is 13.1. The summed E-state index contributed by atoms with van der Waals surface area (Å²) >= 11 is 0. The standard InChI is InChI=1S/C16H24F3N5O2/c1-10(2)13(14(25)24-5-7-26-8-6-24)22-15-20-11(16(17,18)19)9-12(21-15)23(3)4/h9-10,13H,5-8H2,1-4H3,(H,20,21,22). The number of alkyl halides is 3. The van der Waals surface area contributed by atoms with Crippen LogP contribution in [0.5, 0.6) is 0 Å². The number of anilines is 2. The molecule has 146 valence electrons. The second kappa shape index (κ2) is 8.07. The number of carbonyl (C=O) groups is 1. The molecule has 10 heteroatoms. The predicted molar refractivity (Wildman–Crippen MR) is 91.0 cm³/mol. The maximum atomic E-state index is 13.1. The molecule has 2 heterocycles. The largest absolute Gasteiger partial charge is 0.433 e. The van der Waals surface area contributed by atoms with Crippen molar-refractivity contribution in [2.45, 2.75) is 26.1 Å². The van der Waals surface area contributed by atoms with Gasteiger partial charge in [-0.25, -0.2) is 4.98 Å². The highest BCUT2D eigenvalue weighted by molar-refractivity contribution is 5.84. The van der Waals surface area contributed by atoms with E-state index in [-0.39, 0.29) is 23.6 Å². The minimum Gasteiger partial charge on any atom is -0.378 e. The molecule has 1 N–H and O–H groups in total. The lowest BCUT2D eigenvalue weighted by Crippen LogP contribution is -2.50. The Morgan fingerprint density at radius 2 is 1.88 bits per heavy atom. The second-order valence-corrected chi connectivity index (χ2v) is 6.63. The van der Waals surface area contributed by atoms with Gasteiger partial charge in [0.25, 0.3) is 0 Å². The van der Waals surface area contributed by atoms with Crippen molar-refractivity contribution in [2.24, 2.45) is 5.92 Å². The molecule has 1 fully saturated rings. The van der Waals surface area contributed by atoms with Crippen molar-refractivity contribution in [2.75, 3.05) is 50.6 Å². The van der Waals surface area contributed by atoms with Gasteiger partial charge < -0.3 is 19.9 Å². The fraction of sp³-hybridized carbons (Fsp3) is 0.688. The number of carbonyl (C=O) groups excluding carboxylic acids is 1. The number of halogens is 3. The maximum Gasteiger partial charge on any atom is 0.433 e. The van der Waals surface area contributed by atoms with Gasteiger partial charge in [0.2, 0.25) is 11.9 Å². The molecule has 1 aromatic rings. The van der Waals surface area contributed by atoms with E-state index in [0.29, 0.717) is 26.3 Å². The molecule has 1 aliphatic rings. The number of nitrogens with one attached hydrogen (secondary N) is 1. The summed E-state index contributed by atoms with van der Waals surface area (Å²) in [4.78, 5) is 23.5. The third-order valence-electron chi connectivity index (χ3n) is 4.00. The average molecular weight is 375 g/mol. The first-order chi connectivity index (χ1) is 12.1. The molecule has 0 spiro atoms. The summed E-state index contributed by atoms with van der Waals surface area (Å²) < 4.78 is 44.6. The fourth-order valence-corrected chi connectivity index (χ4v) is 2.51. The minimum absolute atomic E-state index is 0.108. The Hall–Kier alpha value is -2.10. The smallest absolute Gasteiger partial charge is 0.378 e. The fourth-order valence-electron chi connectivity index (χ4n) is 2.51. The van der Waals surface area contributed by atoms with Gasteiger partial charge in [0, 0.05) is 33.3 Å². The van der Waals surface area contributed by atoms with Gasteiger partial charge in [0.15, 0.2) is 5.69 Å². The highest BCUT2D eigenvalue weighted by Crippen LogP contribution is 2.30. The van der Waals surface area contributed by atoms with Crippen LogP contribution in [-0.2, 0) is 15.7 Å². The first kappa shape index (κ1) is 20.2. The molecule has 1 aromatic heterocycles. The summed E-state index contributed by atoms with van der Waals surface area (Å²) in [6, 6.07) is 0.144. The van der Waals surface area contributed by atoms with Gasteiger partial charge >= 0.3 is 6.18 Å². The van der Waals surface area contributed by atoms with Crippen LogP contribution in [0.4, 0.5) is 24.9 Å². The zero-order chi connectivity index (χ0) is 19.5. The molecule has 1 atom stereocenters. The van der Waals surface area contributed by atoms with E-state index in [4.69, 9.17) is 4.74 Å². The topological polar surface area (TPSA) is 70.6 Å². The number of ether oxygens (including phenoxy) is 1. The molecule has 1 saturated heterocycles. The summed E-state index contributed by atoms with van der Waals surface area (Å²) in [7, 11) is 3.18. The molecule has 0 bridgehead atoms. The minimum atomic E-state index is -4.61. The van der Waals surface area contributed by atoms with Gasteiger partial charge in [-0.3, -0.25) is 4.79 Å². The Bertz CT molecular complexity index is 631. The quantitative estimate of drug-likeness (QED) is 0.847. The van der Waals surface area contributed by atoms with E-state index in [1.165, 1.54) is 4.90 Å². The predicted octanol–water partition coefficient (Wildman–Crippen LogP) is 1.86. The first-order valence-electron chi connectivity index (χ1n) is 8.36. The average Bonchev–Trinajstić information content (AvgIpc) is 2.58. The van der Waals surface area contributed by atoms with Gasteiger partial charge in [0.05, 0.1) is 13.2 Å². The second-order valence-electron chi connectivity index (χ2n) is 6.63. The molecule has 0 saturated carbocycles. The Labute approximate surface area is 150 Å². The van der Waals surface area contributed by atoms with E-state index in [1.807, 2.05) is 13.8 Å².